The molecule has 3 nitrogen and oxygen atoms in total. The maximum Gasteiger partial charge on any atom is 0.416 e. The number of alkyl halides is 3. The largest absolute Gasteiger partial charge is 0.416 e. The van der Waals surface area contributed by atoms with E-state index < -0.39 is 11.7 Å². The average Bonchev–Trinajstić information content (AvgIpc) is 2.64. The number of nitrogens with two attached hydrogens (primary N) is 1. The highest BCUT2D eigenvalue weighted by Gasteiger charge is 2.33. The number of rotatable bonds is 2. The lowest BCUT2D eigenvalue weighted by atomic mass is 10.1. The third-order valence-electron chi connectivity index (χ3n) is 3.06. The van der Waals surface area contributed by atoms with Crippen molar-refractivity contribution >= 4 is 11.6 Å². The van der Waals surface area contributed by atoms with E-state index in [1.54, 1.807) is 13.8 Å². The van der Waals surface area contributed by atoms with Crippen molar-refractivity contribution in [2.45, 2.75) is 26.6 Å². The molecular weight excluding hydrogens is 291 g/mol. The van der Waals surface area contributed by atoms with Gasteiger partial charge in [-0.2, -0.15) is 18.3 Å². The standard InChI is InChI=1S/C13H13ClF3N3/c1-7-12(14)8(2)20(19-7)10-3-4-11(13(15,16)17)9(5-10)6-18/h3-5H,6,18H2,1-2H3. The number of aromatic nitrogens is 2. The van der Waals surface area contributed by atoms with Gasteiger partial charge in [-0.1, -0.05) is 11.6 Å². The molecule has 0 aliphatic carbocycles. The van der Waals surface area contributed by atoms with Crippen molar-refractivity contribution < 1.29 is 13.2 Å². The smallest absolute Gasteiger partial charge is 0.326 e. The van der Waals surface area contributed by atoms with Gasteiger partial charge in [0.1, 0.15) is 0 Å². The Bertz CT molecular complexity index is 647. The van der Waals surface area contributed by atoms with Crippen molar-refractivity contribution in [3.05, 3.63) is 45.7 Å². The Hall–Kier alpha value is -1.53. The predicted octanol–water partition coefficient (Wildman–Crippen LogP) is 3.62. The molecule has 0 atom stereocenters. The molecule has 0 saturated heterocycles. The summed E-state index contributed by atoms with van der Waals surface area (Å²) in [5, 5.41) is 4.71. The van der Waals surface area contributed by atoms with E-state index in [1.807, 2.05) is 0 Å². The Morgan fingerprint density at radius 1 is 1.30 bits per heavy atom. The quantitative estimate of drug-likeness (QED) is 0.921. The number of aryl methyl sites for hydroxylation is 1. The number of benzene rings is 1. The summed E-state index contributed by atoms with van der Waals surface area (Å²) in [5.41, 5.74) is 6.51. The van der Waals surface area contributed by atoms with Gasteiger partial charge in [-0.05, 0) is 37.6 Å². The Morgan fingerprint density at radius 3 is 2.40 bits per heavy atom. The second kappa shape index (κ2) is 5.10. The van der Waals surface area contributed by atoms with E-state index >= 15 is 0 Å². The van der Waals surface area contributed by atoms with Crippen LogP contribution in [0, 0.1) is 13.8 Å². The van der Waals surface area contributed by atoms with Crippen molar-refractivity contribution in [2.75, 3.05) is 0 Å². The normalized spacial score (nSPS) is 11.9. The van der Waals surface area contributed by atoms with E-state index in [2.05, 4.69) is 5.10 Å². The third kappa shape index (κ3) is 2.53. The molecule has 2 aromatic rings. The van der Waals surface area contributed by atoms with Gasteiger partial charge < -0.3 is 5.73 Å². The molecule has 0 spiro atoms. The van der Waals surface area contributed by atoms with Crippen LogP contribution < -0.4 is 5.73 Å². The summed E-state index contributed by atoms with van der Waals surface area (Å²) in [6, 6.07) is 3.76. The molecule has 20 heavy (non-hydrogen) atoms. The van der Waals surface area contributed by atoms with Crippen LogP contribution >= 0.6 is 11.6 Å². The number of halogens is 4. The fourth-order valence-electron chi connectivity index (χ4n) is 2.03. The maximum absolute atomic E-state index is 12.8. The predicted molar refractivity (Wildman–Crippen MR) is 70.9 cm³/mol. The Morgan fingerprint density at radius 2 is 1.95 bits per heavy atom. The lowest BCUT2D eigenvalue weighted by Gasteiger charge is -2.13. The van der Waals surface area contributed by atoms with Gasteiger partial charge in [-0.25, -0.2) is 4.68 Å². The summed E-state index contributed by atoms with van der Waals surface area (Å²) in [6.07, 6.45) is -4.42. The van der Waals surface area contributed by atoms with Crippen LogP contribution in [0.15, 0.2) is 18.2 Å². The summed E-state index contributed by atoms with van der Waals surface area (Å²) < 4.78 is 40.0. The lowest BCUT2D eigenvalue weighted by Crippen LogP contribution is -2.13. The summed E-state index contributed by atoms with van der Waals surface area (Å²) >= 11 is 6.04. The Balaban J connectivity index is 2.57. The number of hydrogen-bond acceptors (Lipinski definition) is 2. The first-order chi connectivity index (χ1) is 9.25. The van der Waals surface area contributed by atoms with Gasteiger partial charge in [-0.15, -0.1) is 0 Å². The first kappa shape index (κ1) is 14.9. The number of nitrogens with zero attached hydrogens (tertiary/aromatic N) is 2. The molecule has 2 rings (SSSR count). The van der Waals surface area contributed by atoms with Gasteiger partial charge in [0.15, 0.2) is 0 Å². The van der Waals surface area contributed by atoms with Gasteiger partial charge in [0.05, 0.1) is 27.7 Å². The summed E-state index contributed by atoms with van der Waals surface area (Å²) in [4.78, 5) is 0. The van der Waals surface area contributed by atoms with E-state index in [9.17, 15) is 13.2 Å². The highest BCUT2D eigenvalue weighted by Crippen LogP contribution is 2.33. The minimum atomic E-state index is -4.42. The lowest BCUT2D eigenvalue weighted by molar-refractivity contribution is -0.138. The zero-order chi connectivity index (χ0) is 15.1. The molecule has 2 N–H and O–H groups in total. The summed E-state index contributed by atoms with van der Waals surface area (Å²) in [5.74, 6) is 0. The first-order valence-corrected chi connectivity index (χ1v) is 6.25. The molecule has 0 radical (unpaired) electrons. The van der Waals surface area contributed by atoms with Gasteiger partial charge in [0.2, 0.25) is 0 Å². The molecule has 0 amide bonds. The van der Waals surface area contributed by atoms with Crippen LogP contribution in [0.5, 0.6) is 0 Å². The molecule has 7 heteroatoms. The number of hydrogen-bond donors (Lipinski definition) is 1. The van der Waals surface area contributed by atoms with Crippen molar-refractivity contribution in [3.63, 3.8) is 0 Å². The molecule has 1 aromatic carbocycles. The minimum Gasteiger partial charge on any atom is -0.326 e. The van der Waals surface area contributed by atoms with Crippen LogP contribution in [0.4, 0.5) is 13.2 Å². The fourth-order valence-corrected chi connectivity index (χ4v) is 2.15. The maximum atomic E-state index is 12.8. The minimum absolute atomic E-state index is 0.0266. The monoisotopic (exact) mass is 303 g/mol. The third-order valence-corrected chi connectivity index (χ3v) is 3.61. The molecule has 0 unspecified atom stereocenters. The highest BCUT2D eigenvalue weighted by molar-refractivity contribution is 6.31. The zero-order valence-corrected chi connectivity index (χ0v) is 11.7. The zero-order valence-electron chi connectivity index (χ0n) is 10.9. The summed E-state index contributed by atoms with van der Waals surface area (Å²) in [6.45, 7) is 3.29. The van der Waals surface area contributed by atoms with Crippen LogP contribution in [0.25, 0.3) is 5.69 Å². The van der Waals surface area contributed by atoms with Crippen LogP contribution in [-0.4, -0.2) is 9.78 Å². The first-order valence-electron chi connectivity index (χ1n) is 5.88. The van der Waals surface area contributed by atoms with E-state index in [1.165, 1.54) is 16.8 Å². The molecule has 108 valence electrons. The molecule has 0 aliphatic heterocycles. The topological polar surface area (TPSA) is 43.8 Å². The van der Waals surface area contributed by atoms with Crippen molar-refractivity contribution in [2.24, 2.45) is 5.73 Å². The van der Waals surface area contributed by atoms with Crippen LogP contribution in [0.2, 0.25) is 5.02 Å². The molecule has 1 aromatic heterocycles. The van der Waals surface area contributed by atoms with Crippen molar-refractivity contribution in [1.29, 1.82) is 0 Å². The van der Waals surface area contributed by atoms with E-state index in [0.717, 1.165) is 6.07 Å². The van der Waals surface area contributed by atoms with Crippen LogP contribution in [0.3, 0.4) is 0 Å². The van der Waals surface area contributed by atoms with Gasteiger partial charge in [0.25, 0.3) is 0 Å². The van der Waals surface area contributed by atoms with Gasteiger partial charge >= 0.3 is 6.18 Å². The molecule has 0 aliphatic rings. The van der Waals surface area contributed by atoms with Gasteiger partial charge in [0, 0.05) is 6.54 Å². The fraction of sp³-hybridized carbons (Fsp3) is 0.308. The van der Waals surface area contributed by atoms with Crippen LogP contribution in [0.1, 0.15) is 22.5 Å². The van der Waals surface area contributed by atoms with Crippen LogP contribution in [-0.2, 0) is 12.7 Å². The summed E-state index contributed by atoms with van der Waals surface area (Å²) in [7, 11) is 0. The highest BCUT2D eigenvalue weighted by atomic mass is 35.5. The molecule has 0 fully saturated rings. The van der Waals surface area contributed by atoms with E-state index in [4.69, 9.17) is 17.3 Å². The molecule has 1 heterocycles. The second-order valence-corrected chi connectivity index (χ2v) is 4.82. The Kier molecular flexibility index (Phi) is 3.80. The molecule has 0 bridgehead atoms. The van der Waals surface area contributed by atoms with Gasteiger partial charge in [-0.3, -0.25) is 0 Å². The average molecular weight is 304 g/mol. The van der Waals surface area contributed by atoms with E-state index in [0.29, 0.717) is 22.1 Å². The Labute approximate surface area is 119 Å². The van der Waals surface area contributed by atoms with Crippen molar-refractivity contribution in [3.8, 4) is 5.69 Å². The van der Waals surface area contributed by atoms with Crippen molar-refractivity contribution in [1.82, 2.24) is 9.78 Å². The molecule has 0 saturated carbocycles. The molecular formula is C13H13ClF3N3. The SMILES string of the molecule is Cc1nn(-c2ccc(C(F)(F)F)c(CN)c2)c(C)c1Cl. The van der Waals surface area contributed by atoms with E-state index in [-0.39, 0.29) is 12.1 Å². The second-order valence-electron chi connectivity index (χ2n) is 4.44.